The van der Waals surface area contributed by atoms with Crippen LogP contribution in [0, 0.1) is 18.8 Å². The van der Waals surface area contributed by atoms with Crippen molar-refractivity contribution in [1.29, 1.82) is 0 Å². The molecule has 3 N–H and O–H groups in total. The van der Waals surface area contributed by atoms with Gasteiger partial charge >= 0.3 is 0 Å². The number of methoxy groups -OCH3 is 1. The number of benzene rings is 2. The summed E-state index contributed by atoms with van der Waals surface area (Å²) in [5, 5.41) is 30.7. The molecule has 0 heterocycles. The molecule has 0 aliphatic heterocycles. The lowest BCUT2D eigenvalue weighted by Gasteiger charge is -2.29. The van der Waals surface area contributed by atoms with Gasteiger partial charge in [-0.05, 0) is 25.3 Å². The van der Waals surface area contributed by atoms with Crippen molar-refractivity contribution in [2.45, 2.75) is 47.0 Å². The number of ketones is 3. The Bertz CT molecular complexity index is 1100. The molecule has 34 heavy (non-hydrogen) atoms. The molecule has 1 atom stereocenters. The number of hydrogen-bond acceptors (Lipinski definition) is 7. The highest BCUT2D eigenvalue weighted by Crippen LogP contribution is 2.47. The molecule has 1 unspecified atom stereocenters. The van der Waals surface area contributed by atoms with Crippen molar-refractivity contribution in [3.05, 3.63) is 51.6 Å². The van der Waals surface area contributed by atoms with Gasteiger partial charge in [0, 0.05) is 22.6 Å². The summed E-state index contributed by atoms with van der Waals surface area (Å²) in [6.07, 6.45) is 8.72. The van der Waals surface area contributed by atoms with E-state index in [2.05, 4.69) is 12.8 Å². The van der Waals surface area contributed by atoms with Gasteiger partial charge in [0.1, 0.15) is 23.9 Å². The molecule has 0 fully saturated rings. The van der Waals surface area contributed by atoms with Gasteiger partial charge in [0.15, 0.2) is 11.6 Å². The lowest BCUT2D eigenvalue weighted by Crippen LogP contribution is -2.28. The zero-order valence-corrected chi connectivity index (χ0v) is 20.3. The van der Waals surface area contributed by atoms with Gasteiger partial charge in [-0.25, -0.2) is 0 Å². The fourth-order valence-electron chi connectivity index (χ4n) is 4.21. The Morgan fingerprint density at radius 3 is 2.09 bits per heavy atom. The number of aliphatic hydroxyl groups excluding tert-OH is 1. The molecule has 2 aliphatic rings. The fraction of sp³-hybridized carbons (Fsp3) is 0.370. The fourth-order valence-corrected chi connectivity index (χ4v) is 4.21. The van der Waals surface area contributed by atoms with E-state index in [1.54, 1.807) is 12.1 Å². The van der Waals surface area contributed by atoms with E-state index in [4.69, 9.17) is 9.84 Å². The number of terminal acetylenes is 1. The van der Waals surface area contributed by atoms with Gasteiger partial charge in [-0.3, -0.25) is 14.4 Å². The van der Waals surface area contributed by atoms with Crippen molar-refractivity contribution in [2.75, 3.05) is 13.7 Å². The second kappa shape index (κ2) is 12.6. The molecular formula is C27H32O7. The van der Waals surface area contributed by atoms with Gasteiger partial charge in [0.25, 0.3) is 0 Å². The maximum Gasteiger partial charge on any atom is 0.202 e. The number of hydrogen-bond donors (Lipinski definition) is 3. The number of fused-ring (bicyclic) bond motifs is 3. The Morgan fingerprint density at radius 2 is 1.53 bits per heavy atom. The van der Waals surface area contributed by atoms with E-state index in [1.165, 1.54) is 13.2 Å². The van der Waals surface area contributed by atoms with E-state index in [0.29, 0.717) is 12.0 Å². The monoisotopic (exact) mass is 468 g/mol. The maximum atomic E-state index is 13.1. The Hall–Kier alpha value is -3.63. The number of phenols is 2. The molecule has 0 amide bonds. The van der Waals surface area contributed by atoms with Crippen LogP contribution in [0.3, 0.4) is 0 Å². The molecule has 0 aromatic heterocycles. The molecule has 2 aliphatic carbocycles. The van der Waals surface area contributed by atoms with Crippen LogP contribution < -0.4 is 4.74 Å². The number of rotatable bonds is 3. The minimum atomic E-state index is -0.609. The van der Waals surface area contributed by atoms with Crippen LogP contribution in [0.15, 0.2) is 18.2 Å². The smallest absolute Gasteiger partial charge is 0.202 e. The van der Waals surface area contributed by atoms with E-state index in [1.807, 2.05) is 27.7 Å². The van der Waals surface area contributed by atoms with Crippen molar-refractivity contribution >= 4 is 17.3 Å². The molecule has 0 bridgehead atoms. The van der Waals surface area contributed by atoms with Gasteiger partial charge in [-0.15, -0.1) is 12.8 Å². The first-order valence-corrected chi connectivity index (χ1v) is 11.2. The molecule has 0 saturated carbocycles. The van der Waals surface area contributed by atoms with Gasteiger partial charge in [0.05, 0.1) is 23.8 Å². The van der Waals surface area contributed by atoms with Gasteiger partial charge in [0.2, 0.25) is 5.78 Å². The van der Waals surface area contributed by atoms with Crippen molar-refractivity contribution < 1.29 is 34.4 Å². The van der Waals surface area contributed by atoms with Crippen molar-refractivity contribution in [3.63, 3.8) is 0 Å². The van der Waals surface area contributed by atoms with Crippen LogP contribution in [0.5, 0.6) is 17.2 Å². The molecule has 0 saturated heterocycles. The zero-order valence-electron chi connectivity index (χ0n) is 20.3. The largest absolute Gasteiger partial charge is 0.507 e. The number of Topliss-reactive ketones (excluding diaryl/α,β-unsaturated/α-hetero) is 1. The highest BCUT2D eigenvalue weighted by molar-refractivity contribution is 6.31. The van der Waals surface area contributed by atoms with Crippen molar-refractivity contribution in [3.8, 4) is 30.1 Å². The van der Waals surface area contributed by atoms with Crippen molar-refractivity contribution in [1.82, 2.24) is 0 Å². The lowest BCUT2D eigenvalue weighted by molar-refractivity contribution is -0.125. The molecule has 7 nitrogen and oxygen atoms in total. The van der Waals surface area contributed by atoms with Crippen LogP contribution in [0.4, 0.5) is 0 Å². The second-order valence-corrected chi connectivity index (χ2v) is 7.01. The predicted molar refractivity (Wildman–Crippen MR) is 130 cm³/mol. The molecule has 2 aromatic carbocycles. The highest BCUT2D eigenvalue weighted by atomic mass is 16.5. The molecular weight excluding hydrogens is 436 g/mol. The van der Waals surface area contributed by atoms with Crippen LogP contribution >= 0.6 is 0 Å². The molecule has 4 rings (SSSR count). The summed E-state index contributed by atoms with van der Waals surface area (Å²) < 4.78 is 5.20. The van der Waals surface area contributed by atoms with Gasteiger partial charge < -0.3 is 20.1 Å². The van der Waals surface area contributed by atoms with E-state index >= 15 is 0 Å². The lowest BCUT2D eigenvalue weighted by atomic mass is 9.75. The SMILES string of the molecule is C#C.CC.CC.COc1cccc2c1C(=O)c1c(O)c3c(c(O)c1C2=O)CC(C(=O)CO)CC3. The summed E-state index contributed by atoms with van der Waals surface area (Å²) in [5.41, 5.74) is 0.301. The van der Waals surface area contributed by atoms with Crippen molar-refractivity contribution in [2.24, 2.45) is 5.92 Å². The summed E-state index contributed by atoms with van der Waals surface area (Å²) in [5.74, 6) is -2.56. The molecule has 2 aromatic rings. The third-order valence-corrected chi connectivity index (χ3v) is 5.64. The van der Waals surface area contributed by atoms with E-state index < -0.39 is 24.1 Å². The second-order valence-electron chi connectivity index (χ2n) is 7.01. The number of aromatic hydroxyl groups is 2. The maximum absolute atomic E-state index is 13.1. The Labute approximate surface area is 200 Å². The Balaban J connectivity index is 0.000000894. The third kappa shape index (κ3) is 4.68. The Kier molecular flexibility index (Phi) is 10.5. The van der Waals surface area contributed by atoms with Gasteiger partial charge in [-0.2, -0.15) is 0 Å². The van der Waals surface area contributed by atoms with E-state index in [-0.39, 0.29) is 63.7 Å². The average Bonchev–Trinajstić information content (AvgIpc) is 2.91. The number of aliphatic hydroxyl groups is 1. The quantitative estimate of drug-likeness (QED) is 0.394. The third-order valence-electron chi connectivity index (χ3n) is 5.64. The summed E-state index contributed by atoms with van der Waals surface area (Å²) in [7, 11) is 1.38. The number of phenolic OH excluding ortho intramolecular Hbond substituents is 2. The summed E-state index contributed by atoms with van der Waals surface area (Å²) in [6.45, 7) is 7.39. The Morgan fingerprint density at radius 1 is 0.971 bits per heavy atom. The van der Waals surface area contributed by atoms with E-state index in [9.17, 15) is 24.6 Å². The first-order valence-electron chi connectivity index (χ1n) is 11.2. The van der Waals surface area contributed by atoms with Crippen LogP contribution in [0.1, 0.15) is 77.1 Å². The minimum absolute atomic E-state index is 0.0568. The number of ether oxygens (including phenoxy) is 1. The standard InChI is InChI=1S/C21H18O7.2C2H6.C2H2/c1-28-14-4-2-3-11-15(14)21(27)17-16(19(11)25)20(26)12-7-9(13(23)8-22)5-6-10(12)18(17)24;3*1-2/h2-4,9,22,24,26H,5-8H2,1H3;2*1-2H3;1-2H. The number of carbonyl (C=O) groups is 3. The summed E-state index contributed by atoms with van der Waals surface area (Å²) in [6, 6.07) is 4.59. The molecule has 0 radical (unpaired) electrons. The van der Waals surface area contributed by atoms with Crippen LogP contribution in [0.25, 0.3) is 0 Å². The van der Waals surface area contributed by atoms with Crippen LogP contribution in [-0.2, 0) is 17.6 Å². The summed E-state index contributed by atoms with van der Waals surface area (Å²) >= 11 is 0. The number of carbonyl (C=O) groups excluding carboxylic acids is 3. The first kappa shape index (κ1) is 28.4. The minimum Gasteiger partial charge on any atom is -0.507 e. The molecule has 0 spiro atoms. The zero-order chi connectivity index (χ0) is 26.2. The summed E-state index contributed by atoms with van der Waals surface area (Å²) in [4.78, 5) is 38.1. The normalized spacial score (nSPS) is 14.9. The highest BCUT2D eigenvalue weighted by Gasteiger charge is 2.40. The average molecular weight is 469 g/mol. The molecule has 7 heteroatoms. The first-order chi connectivity index (χ1) is 16.4. The topological polar surface area (TPSA) is 121 Å². The van der Waals surface area contributed by atoms with Crippen LogP contribution in [-0.4, -0.2) is 46.4 Å². The van der Waals surface area contributed by atoms with E-state index in [0.717, 1.165) is 0 Å². The van der Waals surface area contributed by atoms with Crippen LogP contribution in [0.2, 0.25) is 0 Å². The molecule has 182 valence electrons. The van der Waals surface area contributed by atoms with Gasteiger partial charge in [-0.1, -0.05) is 39.8 Å². The predicted octanol–water partition coefficient (Wildman–Crippen LogP) is 3.85.